The molecule has 6 heteroatoms. The first kappa shape index (κ1) is 14.3. The monoisotopic (exact) mass is 277 g/mol. The van der Waals surface area contributed by atoms with E-state index in [9.17, 15) is 9.59 Å². The van der Waals surface area contributed by atoms with E-state index in [0.717, 1.165) is 5.56 Å². The van der Waals surface area contributed by atoms with Crippen molar-refractivity contribution in [3.8, 4) is 5.75 Å². The van der Waals surface area contributed by atoms with E-state index in [1.165, 1.54) is 4.90 Å². The number of hydrogen-bond donors (Lipinski definition) is 2. The van der Waals surface area contributed by atoms with Gasteiger partial charge in [-0.3, -0.25) is 9.69 Å². The van der Waals surface area contributed by atoms with Crippen molar-refractivity contribution in [3.63, 3.8) is 0 Å². The van der Waals surface area contributed by atoms with E-state index < -0.39 is 5.54 Å². The maximum absolute atomic E-state index is 12.5. The van der Waals surface area contributed by atoms with Crippen LogP contribution in [0, 0.1) is 0 Å². The molecule has 1 aromatic carbocycles. The number of methoxy groups -OCH3 is 1. The van der Waals surface area contributed by atoms with Gasteiger partial charge >= 0.3 is 6.03 Å². The summed E-state index contributed by atoms with van der Waals surface area (Å²) in [4.78, 5) is 25.6. The molecule has 0 aliphatic carbocycles. The Hall–Kier alpha value is -2.08. The van der Waals surface area contributed by atoms with Gasteiger partial charge in [-0.1, -0.05) is 12.1 Å². The molecule has 2 rings (SSSR count). The van der Waals surface area contributed by atoms with Gasteiger partial charge in [-0.05, 0) is 37.6 Å². The number of nitrogens with one attached hydrogen (secondary N) is 1. The van der Waals surface area contributed by atoms with Crippen LogP contribution >= 0.6 is 0 Å². The largest absolute Gasteiger partial charge is 0.497 e. The van der Waals surface area contributed by atoms with E-state index in [1.807, 2.05) is 0 Å². The zero-order valence-corrected chi connectivity index (χ0v) is 11.7. The Labute approximate surface area is 117 Å². The second-order valence-corrected chi connectivity index (χ2v) is 4.88. The maximum Gasteiger partial charge on any atom is 0.325 e. The smallest absolute Gasteiger partial charge is 0.325 e. The fourth-order valence-corrected chi connectivity index (χ4v) is 2.27. The highest BCUT2D eigenvalue weighted by molar-refractivity contribution is 6.07. The Morgan fingerprint density at radius 2 is 1.95 bits per heavy atom. The third kappa shape index (κ3) is 2.34. The summed E-state index contributed by atoms with van der Waals surface area (Å²) in [6, 6.07) is 6.72. The molecule has 1 atom stereocenters. The van der Waals surface area contributed by atoms with Crippen molar-refractivity contribution in [3.05, 3.63) is 29.8 Å². The van der Waals surface area contributed by atoms with Gasteiger partial charge in [0.15, 0.2) is 0 Å². The number of nitrogens with zero attached hydrogens (tertiary/aromatic N) is 1. The summed E-state index contributed by atoms with van der Waals surface area (Å²) in [6.45, 7) is 2.49. The molecule has 0 bridgehead atoms. The quantitative estimate of drug-likeness (QED) is 0.780. The third-order valence-electron chi connectivity index (χ3n) is 3.53. The second-order valence-electron chi connectivity index (χ2n) is 4.88. The van der Waals surface area contributed by atoms with E-state index in [4.69, 9.17) is 10.5 Å². The van der Waals surface area contributed by atoms with Gasteiger partial charge in [0.25, 0.3) is 5.91 Å². The summed E-state index contributed by atoms with van der Waals surface area (Å²) < 4.78 is 5.09. The molecule has 1 aromatic rings. The molecule has 3 amide bonds. The first-order valence-electron chi connectivity index (χ1n) is 6.51. The summed E-state index contributed by atoms with van der Waals surface area (Å²) in [6.07, 6.45) is 0.595. The van der Waals surface area contributed by atoms with Gasteiger partial charge < -0.3 is 15.8 Å². The van der Waals surface area contributed by atoms with Crippen LogP contribution in [-0.4, -0.2) is 37.0 Å². The zero-order valence-electron chi connectivity index (χ0n) is 11.7. The third-order valence-corrected chi connectivity index (χ3v) is 3.53. The average molecular weight is 277 g/mol. The summed E-state index contributed by atoms with van der Waals surface area (Å²) >= 11 is 0. The van der Waals surface area contributed by atoms with E-state index in [1.54, 1.807) is 38.3 Å². The topological polar surface area (TPSA) is 84.7 Å². The van der Waals surface area contributed by atoms with E-state index in [0.29, 0.717) is 25.3 Å². The average Bonchev–Trinajstić information content (AvgIpc) is 2.68. The van der Waals surface area contributed by atoms with Crippen LogP contribution in [0.3, 0.4) is 0 Å². The van der Waals surface area contributed by atoms with Crippen LogP contribution in [-0.2, 0) is 10.3 Å². The molecule has 1 unspecified atom stereocenters. The van der Waals surface area contributed by atoms with Crippen LogP contribution in [0.15, 0.2) is 24.3 Å². The number of hydrogen-bond acceptors (Lipinski definition) is 4. The van der Waals surface area contributed by atoms with Crippen molar-refractivity contribution in [1.82, 2.24) is 10.2 Å². The van der Waals surface area contributed by atoms with E-state index in [-0.39, 0.29) is 11.9 Å². The lowest BCUT2D eigenvalue weighted by molar-refractivity contribution is -0.131. The van der Waals surface area contributed by atoms with Crippen LogP contribution in [0.1, 0.15) is 18.9 Å². The van der Waals surface area contributed by atoms with E-state index in [2.05, 4.69) is 5.32 Å². The highest BCUT2D eigenvalue weighted by Crippen LogP contribution is 2.29. The number of rotatable bonds is 5. The van der Waals surface area contributed by atoms with Crippen molar-refractivity contribution in [2.75, 3.05) is 20.2 Å². The standard InChI is InChI=1S/C14H19N3O3/c1-14(10-4-6-11(20-2)7-5-10)12(18)17(9-3-8-15)13(19)16-14/h4-7H,3,8-9,15H2,1-2H3,(H,16,19). The molecule has 1 aliphatic heterocycles. The van der Waals surface area contributed by atoms with Crippen molar-refractivity contribution < 1.29 is 14.3 Å². The molecule has 1 aliphatic rings. The lowest BCUT2D eigenvalue weighted by atomic mass is 9.92. The minimum atomic E-state index is -1.03. The SMILES string of the molecule is COc1ccc(C2(C)NC(=O)N(CCCN)C2=O)cc1. The van der Waals surface area contributed by atoms with Gasteiger partial charge in [0.1, 0.15) is 11.3 Å². The minimum Gasteiger partial charge on any atom is -0.497 e. The molecule has 3 N–H and O–H groups in total. The van der Waals surface area contributed by atoms with Crippen LogP contribution in [0.5, 0.6) is 5.75 Å². The van der Waals surface area contributed by atoms with Crippen molar-refractivity contribution in [2.45, 2.75) is 18.9 Å². The highest BCUT2D eigenvalue weighted by atomic mass is 16.5. The molecular formula is C14H19N3O3. The Morgan fingerprint density at radius 3 is 2.50 bits per heavy atom. The van der Waals surface area contributed by atoms with Gasteiger partial charge in [0.05, 0.1) is 7.11 Å². The number of carbonyl (C=O) groups is 2. The normalized spacial score (nSPS) is 22.1. The summed E-state index contributed by atoms with van der Waals surface area (Å²) in [5, 5.41) is 2.75. The summed E-state index contributed by atoms with van der Waals surface area (Å²) in [5.41, 5.74) is 5.12. The number of urea groups is 1. The lowest BCUT2D eigenvalue weighted by Crippen LogP contribution is -2.41. The number of ether oxygens (including phenoxy) is 1. The number of carbonyl (C=O) groups excluding carboxylic acids is 2. The molecule has 20 heavy (non-hydrogen) atoms. The first-order chi connectivity index (χ1) is 9.52. The van der Waals surface area contributed by atoms with Crippen LogP contribution in [0.25, 0.3) is 0 Å². The van der Waals surface area contributed by atoms with Crippen molar-refractivity contribution in [2.24, 2.45) is 5.73 Å². The Morgan fingerprint density at radius 1 is 1.30 bits per heavy atom. The molecule has 0 saturated carbocycles. The van der Waals surface area contributed by atoms with Gasteiger partial charge in [0, 0.05) is 6.54 Å². The number of amides is 3. The fraction of sp³-hybridized carbons (Fsp3) is 0.429. The highest BCUT2D eigenvalue weighted by Gasteiger charge is 2.48. The van der Waals surface area contributed by atoms with Crippen molar-refractivity contribution in [1.29, 1.82) is 0 Å². The van der Waals surface area contributed by atoms with Gasteiger partial charge in [-0.15, -0.1) is 0 Å². The van der Waals surface area contributed by atoms with Crippen LogP contribution in [0.4, 0.5) is 4.79 Å². The molecule has 0 aromatic heterocycles. The molecule has 1 heterocycles. The number of nitrogens with two attached hydrogens (primary N) is 1. The molecular weight excluding hydrogens is 258 g/mol. The molecule has 0 spiro atoms. The molecule has 108 valence electrons. The number of benzene rings is 1. The molecule has 0 radical (unpaired) electrons. The predicted octanol–water partition coefficient (Wildman–Crippen LogP) is 0.811. The maximum atomic E-state index is 12.5. The van der Waals surface area contributed by atoms with E-state index >= 15 is 0 Å². The first-order valence-corrected chi connectivity index (χ1v) is 6.51. The predicted molar refractivity (Wildman–Crippen MR) is 74.3 cm³/mol. The Balaban J connectivity index is 2.25. The Kier molecular flexibility index (Phi) is 3.94. The molecule has 1 fully saturated rings. The van der Waals surface area contributed by atoms with Crippen LogP contribution in [0.2, 0.25) is 0 Å². The number of imide groups is 1. The van der Waals surface area contributed by atoms with Gasteiger partial charge in [-0.25, -0.2) is 4.79 Å². The Bertz CT molecular complexity index is 515. The lowest BCUT2D eigenvalue weighted by Gasteiger charge is -2.22. The summed E-state index contributed by atoms with van der Waals surface area (Å²) in [7, 11) is 1.58. The van der Waals surface area contributed by atoms with Crippen LogP contribution < -0.4 is 15.8 Å². The van der Waals surface area contributed by atoms with Crippen molar-refractivity contribution >= 4 is 11.9 Å². The molecule has 1 saturated heterocycles. The zero-order chi connectivity index (χ0) is 14.8. The molecule has 6 nitrogen and oxygen atoms in total. The van der Waals surface area contributed by atoms with Gasteiger partial charge in [-0.2, -0.15) is 0 Å². The van der Waals surface area contributed by atoms with Gasteiger partial charge in [0.2, 0.25) is 0 Å². The second kappa shape index (κ2) is 5.50. The fourth-order valence-electron chi connectivity index (χ4n) is 2.27. The summed E-state index contributed by atoms with van der Waals surface area (Å²) in [5.74, 6) is 0.454. The minimum absolute atomic E-state index is 0.249.